The van der Waals surface area contributed by atoms with Gasteiger partial charge in [0.1, 0.15) is 5.03 Å². The number of amides is 1. The Hall–Kier alpha value is -2.41. The molecule has 0 aliphatic carbocycles. The van der Waals surface area contributed by atoms with Gasteiger partial charge in [-0.05, 0) is 19.9 Å². The molecule has 0 bridgehead atoms. The fraction of sp³-hybridized carbons (Fsp3) is 0.200. The van der Waals surface area contributed by atoms with Crippen molar-refractivity contribution in [2.75, 3.05) is 5.75 Å². The number of primary amides is 1. The van der Waals surface area contributed by atoms with Crippen molar-refractivity contribution in [1.29, 1.82) is 0 Å². The standard InChI is InChI=1S/C15H15N5OS/c1-9-7-10(2)20(19-9)14-11-5-3-4-6-12(11)15(18-17-14)22-8-13(16)21/h3-7H,8H2,1-2H3,(H2,16,21). The fourth-order valence-electron chi connectivity index (χ4n) is 2.31. The first-order valence-electron chi connectivity index (χ1n) is 6.76. The van der Waals surface area contributed by atoms with Crippen LogP contribution in [0.3, 0.4) is 0 Å². The summed E-state index contributed by atoms with van der Waals surface area (Å²) in [6.45, 7) is 3.92. The highest BCUT2D eigenvalue weighted by Gasteiger charge is 2.14. The van der Waals surface area contributed by atoms with E-state index in [0.717, 1.165) is 22.2 Å². The molecule has 0 fully saturated rings. The third-order valence-electron chi connectivity index (χ3n) is 3.20. The van der Waals surface area contributed by atoms with Crippen molar-refractivity contribution < 1.29 is 4.79 Å². The van der Waals surface area contributed by atoms with E-state index in [9.17, 15) is 4.79 Å². The molecule has 0 saturated carbocycles. The molecule has 2 aromatic heterocycles. The molecule has 2 N–H and O–H groups in total. The molecule has 0 atom stereocenters. The predicted molar refractivity (Wildman–Crippen MR) is 86.1 cm³/mol. The smallest absolute Gasteiger partial charge is 0.227 e. The number of nitrogens with two attached hydrogens (primary N) is 1. The number of carbonyl (C=O) groups is 1. The van der Waals surface area contributed by atoms with E-state index >= 15 is 0 Å². The Labute approximate surface area is 131 Å². The summed E-state index contributed by atoms with van der Waals surface area (Å²) in [6, 6.07) is 9.81. The summed E-state index contributed by atoms with van der Waals surface area (Å²) in [5, 5.41) is 15.6. The number of nitrogens with zero attached hydrogens (tertiary/aromatic N) is 4. The normalized spacial score (nSPS) is 11.0. The highest BCUT2D eigenvalue weighted by atomic mass is 32.2. The molecule has 0 aliphatic rings. The number of hydrogen-bond acceptors (Lipinski definition) is 5. The number of hydrogen-bond donors (Lipinski definition) is 1. The second-order valence-corrected chi connectivity index (χ2v) is 5.93. The van der Waals surface area contributed by atoms with Gasteiger partial charge in [-0.15, -0.1) is 10.2 Å². The lowest BCUT2D eigenvalue weighted by Gasteiger charge is -2.09. The molecule has 22 heavy (non-hydrogen) atoms. The minimum Gasteiger partial charge on any atom is -0.369 e. The Balaban J connectivity index is 2.16. The lowest BCUT2D eigenvalue weighted by atomic mass is 10.2. The summed E-state index contributed by atoms with van der Waals surface area (Å²) in [5.74, 6) is 0.487. The molecule has 0 unspecified atom stereocenters. The Morgan fingerprint density at radius 1 is 1.23 bits per heavy atom. The van der Waals surface area contributed by atoms with Crippen molar-refractivity contribution in [3.05, 3.63) is 41.7 Å². The van der Waals surface area contributed by atoms with Crippen molar-refractivity contribution in [2.45, 2.75) is 18.9 Å². The van der Waals surface area contributed by atoms with Crippen LogP contribution in [-0.2, 0) is 4.79 Å². The maximum Gasteiger partial charge on any atom is 0.227 e. The van der Waals surface area contributed by atoms with Crippen LogP contribution in [0, 0.1) is 13.8 Å². The molecule has 112 valence electrons. The van der Waals surface area contributed by atoms with Crippen LogP contribution >= 0.6 is 11.8 Å². The zero-order valence-electron chi connectivity index (χ0n) is 12.3. The number of carbonyl (C=O) groups excluding carboxylic acids is 1. The van der Waals surface area contributed by atoms with Gasteiger partial charge in [-0.3, -0.25) is 4.79 Å². The molecule has 3 aromatic rings. The quantitative estimate of drug-likeness (QED) is 0.745. The van der Waals surface area contributed by atoms with E-state index in [4.69, 9.17) is 5.73 Å². The molecule has 2 heterocycles. The molecule has 7 heteroatoms. The molecule has 0 saturated heterocycles. The average Bonchev–Trinajstić information content (AvgIpc) is 2.83. The number of thioether (sulfide) groups is 1. The van der Waals surface area contributed by atoms with Crippen LogP contribution < -0.4 is 5.73 Å². The zero-order valence-corrected chi connectivity index (χ0v) is 13.1. The maximum absolute atomic E-state index is 11.0. The second kappa shape index (κ2) is 5.76. The molecule has 0 spiro atoms. The van der Waals surface area contributed by atoms with Crippen molar-refractivity contribution in [1.82, 2.24) is 20.0 Å². The Bertz CT molecular complexity index is 858. The van der Waals surface area contributed by atoms with E-state index in [2.05, 4.69) is 15.3 Å². The highest BCUT2D eigenvalue weighted by Crippen LogP contribution is 2.28. The largest absolute Gasteiger partial charge is 0.369 e. The molecule has 0 radical (unpaired) electrons. The first-order chi connectivity index (χ1) is 10.6. The fourth-order valence-corrected chi connectivity index (χ4v) is 3.02. The van der Waals surface area contributed by atoms with Gasteiger partial charge in [0.15, 0.2) is 5.82 Å². The number of aryl methyl sites for hydroxylation is 2. The molecular formula is C15H15N5OS. The SMILES string of the molecule is Cc1cc(C)n(-c2nnc(SCC(N)=O)c3ccccc23)n1. The summed E-state index contributed by atoms with van der Waals surface area (Å²) in [6.07, 6.45) is 0. The maximum atomic E-state index is 11.0. The molecule has 1 aromatic carbocycles. The Morgan fingerprint density at radius 3 is 2.59 bits per heavy atom. The van der Waals surface area contributed by atoms with Crippen molar-refractivity contribution >= 4 is 28.4 Å². The number of fused-ring (bicyclic) bond motifs is 1. The highest BCUT2D eigenvalue weighted by molar-refractivity contribution is 8.00. The van der Waals surface area contributed by atoms with Crippen LogP contribution in [-0.4, -0.2) is 31.6 Å². The lowest BCUT2D eigenvalue weighted by Crippen LogP contribution is -2.13. The van der Waals surface area contributed by atoms with Gasteiger partial charge in [0.2, 0.25) is 5.91 Å². The number of aromatic nitrogens is 4. The van der Waals surface area contributed by atoms with Gasteiger partial charge in [0.25, 0.3) is 0 Å². The van der Waals surface area contributed by atoms with E-state index in [1.807, 2.05) is 44.2 Å². The van der Waals surface area contributed by atoms with Crippen LogP contribution in [0.1, 0.15) is 11.4 Å². The van der Waals surface area contributed by atoms with Crippen LogP contribution in [0.2, 0.25) is 0 Å². The van der Waals surface area contributed by atoms with Crippen molar-refractivity contribution in [2.24, 2.45) is 5.73 Å². The summed E-state index contributed by atoms with van der Waals surface area (Å²) in [5.41, 5.74) is 7.13. The van der Waals surface area contributed by atoms with E-state index in [1.54, 1.807) is 4.68 Å². The third kappa shape index (κ3) is 2.67. The molecule has 0 aliphatic heterocycles. The Morgan fingerprint density at radius 2 is 1.95 bits per heavy atom. The van der Waals surface area contributed by atoms with Gasteiger partial charge < -0.3 is 5.73 Å². The van der Waals surface area contributed by atoms with Gasteiger partial charge >= 0.3 is 0 Å². The number of benzene rings is 1. The first-order valence-corrected chi connectivity index (χ1v) is 7.75. The first kappa shape index (κ1) is 14.5. The third-order valence-corrected chi connectivity index (χ3v) is 4.20. The average molecular weight is 313 g/mol. The molecule has 3 rings (SSSR count). The van der Waals surface area contributed by atoms with Gasteiger partial charge in [0, 0.05) is 16.5 Å². The van der Waals surface area contributed by atoms with Gasteiger partial charge in [-0.1, -0.05) is 36.0 Å². The zero-order chi connectivity index (χ0) is 15.7. The van der Waals surface area contributed by atoms with Crippen LogP contribution in [0.5, 0.6) is 0 Å². The predicted octanol–water partition coefficient (Wildman–Crippen LogP) is 2.01. The molecular weight excluding hydrogens is 298 g/mol. The van der Waals surface area contributed by atoms with E-state index in [1.165, 1.54) is 11.8 Å². The minimum absolute atomic E-state index is 0.178. The van der Waals surface area contributed by atoms with Gasteiger partial charge in [-0.2, -0.15) is 5.10 Å². The summed E-state index contributed by atoms with van der Waals surface area (Å²) >= 11 is 1.29. The van der Waals surface area contributed by atoms with Crippen LogP contribution in [0.15, 0.2) is 35.4 Å². The topological polar surface area (TPSA) is 86.7 Å². The van der Waals surface area contributed by atoms with Gasteiger partial charge in [0.05, 0.1) is 11.4 Å². The van der Waals surface area contributed by atoms with E-state index in [0.29, 0.717) is 10.8 Å². The monoisotopic (exact) mass is 313 g/mol. The lowest BCUT2D eigenvalue weighted by molar-refractivity contribution is -0.115. The molecule has 1 amide bonds. The van der Waals surface area contributed by atoms with Crippen LogP contribution in [0.25, 0.3) is 16.6 Å². The van der Waals surface area contributed by atoms with E-state index in [-0.39, 0.29) is 11.7 Å². The summed E-state index contributed by atoms with van der Waals surface area (Å²) in [7, 11) is 0. The number of rotatable bonds is 4. The minimum atomic E-state index is -0.376. The molecule has 6 nitrogen and oxygen atoms in total. The second-order valence-electron chi connectivity index (χ2n) is 4.97. The Kier molecular flexibility index (Phi) is 3.81. The van der Waals surface area contributed by atoms with Crippen molar-refractivity contribution in [3.63, 3.8) is 0 Å². The van der Waals surface area contributed by atoms with E-state index < -0.39 is 0 Å². The van der Waals surface area contributed by atoms with Crippen LogP contribution in [0.4, 0.5) is 0 Å². The van der Waals surface area contributed by atoms with Crippen molar-refractivity contribution in [3.8, 4) is 5.82 Å². The summed E-state index contributed by atoms with van der Waals surface area (Å²) < 4.78 is 1.78. The van der Waals surface area contributed by atoms with Gasteiger partial charge in [-0.25, -0.2) is 4.68 Å². The summed E-state index contributed by atoms with van der Waals surface area (Å²) in [4.78, 5) is 11.0.